The van der Waals surface area contributed by atoms with Crippen LogP contribution in [0.4, 0.5) is 0 Å². The molecule has 1 saturated carbocycles. The van der Waals surface area contributed by atoms with Gasteiger partial charge in [0.1, 0.15) is 0 Å². The van der Waals surface area contributed by atoms with E-state index in [9.17, 15) is 4.79 Å². The van der Waals surface area contributed by atoms with Crippen LogP contribution >= 0.6 is 12.2 Å². The Hall–Kier alpha value is -0.640. The summed E-state index contributed by atoms with van der Waals surface area (Å²) in [5, 5.41) is 3.01. The van der Waals surface area contributed by atoms with Gasteiger partial charge in [0.15, 0.2) is 0 Å². The van der Waals surface area contributed by atoms with E-state index in [1.54, 1.807) is 0 Å². The minimum absolute atomic E-state index is 0.108. The van der Waals surface area contributed by atoms with Crippen LogP contribution in [-0.4, -0.2) is 16.9 Å². The summed E-state index contributed by atoms with van der Waals surface area (Å²) in [5.41, 5.74) is 5.47. The first-order valence-corrected chi connectivity index (χ1v) is 6.04. The van der Waals surface area contributed by atoms with Crippen molar-refractivity contribution in [3.8, 4) is 0 Å². The third-order valence-electron chi connectivity index (χ3n) is 3.03. The highest BCUT2D eigenvalue weighted by Crippen LogP contribution is 2.36. The Labute approximate surface area is 96.8 Å². The van der Waals surface area contributed by atoms with Crippen LogP contribution in [0.1, 0.15) is 39.5 Å². The fraction of sp³-hybridized carbons (Fsp3) is 0.818. The second-order valence-electron chi connectivity index (χ2n) is 4.41. The van der Waals surface area contributed by atoms with Crippen molar-refractivity contribution in [3.05, 3.63) is 0 Å². The van der Waals surface area contributed by atoms with Crippen molar-refractivity contribution in [3.63, 3.8) is 0 Å². The van der Waals surface area contributed by atoms with Gasteiger partial charge < -0.3 is 11.1 Å². The van der Waals surface area contributed by atoms with Crippen LogP contribution < -0.4 is 11.1 Å². The zero-order valence-corrected chi connectivity index (χ0v) is 10.3. The van der Waals surface area contributed by atoms with Gasteiger partial charge in [0.05, 0.1) is 4.99 Å². The molecule has 1 aliphatic carbocycles. The van der Waals surface area contributed by atoms with E-state index in [-0.39, 0.29) is 17.9 Å². The normalized spacial score (nSPS) is 19.3. The highest BCUT2D eigenvalue weighted by molar-refractivity contribution is 7.80. The molecule has 0 spiro atoms. The van der Waals surface area contributed by atoms with Gasteiger partial charge >= 0.3 is 0 Å². The molecule has 0 aromatic rings. The molecule has 0 bridgehead atoms. The molecular weight excluding hydrogens is 208 g/mol. The van der Waals surface area contributed by atoms with Crippen molar-refractivity contribution in [2.75, 3.05) is 0 Å². The van der Waals surface area contributed by atoms with E-state index < -0.39 is 0 Å². The van der Waals surface area contributed by atoms with Gasteiger partial charge in [-0.1, -0.05) is 26.1 Å². The lowest BCUT2D eigenvalue weighted by Crippen LogP contribution is -2.40. The first-order chi connectivity index (χ1) is 7.04. The number of nitrogens with one attached hydrogen (secondary N) is 1. The van der Waals surface area contributed by atoms with Gasteiger partial charge in [-0.25, -0.2) is 0 Å². The van der Waals surface area contributed by atoms with Gasteiger partial charge in [-0.2, -0.15) is 0 Å². The summed E-state index contributed by atoms with van der Waals surface area (Å²) < 4.78 is 0. The Morgan fingerprint density at radius 3 is 2.60 bits per heavy atom. The van der Waals surface area contributed by atoms with Crippen molar-refractivity contribution < 1.29 is 4.79 Å². The average molecular weight is 228 g/mol. The average Bonchev–Trinajstić information content (AvgIpc) is 2.97. The van der Waals surface area contributed by atoms with E-state index in [0.29, 0.717) is 17.3 Å². The maximum absolute atomic E-state index is 11.8. The standard InChI is InChI=1S/C11H20N2OS/c1-3-9(6-10(12)15)13-11(14)7(2)8-4-5-8/h7-9H,3-6H2,1-2H3,(H2,12,15)(H,13,14). The Morgan fingerprint density at radius 1 is 1.60 bits per heavy atom. The van der Waals surface area contributed by atoms with Crippen LogP contribution in [0.2, 0.25) is 0 Å². The Balaban J connectivity index is 2.36. The second-order valence-corrected chi connectivity index (χ2v) is 4.93. The van der Waals surface area contributed by atoms with Crippen LogP contribution in [0.25, 0.3) is 0 Å². The highest BCUT2D eigenvalue weighted by atomic mass is 32.1. The number of thiocarbonyl (C=S) groups is 1. The van der Waals surface area contributed by atoms with Gasteiger partial charge in [-0.05, 0) is 25.2 Å². The van der Waals surface area contributed by atoms with Gasteiger partial charge in [-0.3, -0.25) is 4.79 Å². The van der Waals surface area contributed by atoms with Crippen molar-refractivity contribution in [2.45, 2.75) is 45.6 Å². The summed E-state index contributed by atoms with van der Waals surface area (Å²) in [6.07, 6.45) is 3.87. The quantitative estimate of drug-likeness (QED) is 0.679. The number of carbonyl (C=O) groups excluding carboxylic acids is 1. The molecule has 0 aliphatic heterocycles. The lowest BCUT2D eigenvalue weighted by atomic mass is 10.0. The lowest BCUT2D eigenvalue weighted by molar-refractivity contribution is -0.125. The Morgan fingerprint density at radius 2 is 2.20 bits per heavy atom. The van der Waals surface area contributed by atoms with Crippen LogP contribution in [0.15, 0.2) is 0 Å². The van der Waals surface area contributed by atoms with Crippen molar-refractivity contribution >= 4 is 23.1 Å². The molecule has 86 valence electrons. The third-order valence-corrected chi connectivity index (χ3v) is 3.20. The van der Waals surface area contributed by atoms with E-state index >= 15 is 0 Å². The summed E-state index contributed by atoms with van der Waals surface area (Å²) in [6.45, 7) is 4.03. The van der Waals surface area contributed by atoms with E-state index in [4.69, 9.17) is 18.0 Å². The molecule has 1 amide bonds. The second kappa shape index (κ2) is 5.45. The molecule has 1 aliphatic rings. The monoisotopic (exact) mass is 228 g/mol. The van der Waals surface area contributed by atoms with E-state index in [2.05, 4.69) is 5.32 Å². The van der Waals surface area contributed by atoms with Gasteiger partial charge in [0.2, 0.25) is 5.91 Å². The molecule has 0 radical (unpaired) electrons. The summed E-state index contributed by atoms with van der Waals surface area (Å²) in [7, 11) is 0. The highest BCUT2D eigenvalue weighted by Gasteiger charge is 2.33. The fourth-order valence-electron chi connectivity index (χ4n) is 1.68. The first kappa shape index (κ1) is 12.4. The SMILES string of the molecule is CCC(CC(N)=S)NC(=O)C(C)C1CC1. The fourth-order valence-corrected chi connectivity index (χ4v) is 1.88. The molecule has 4 heteroatoms. The number of amides is 1. The molecule has 0 saturated heterocycles. The molecule has 0 aromatic heterocycles. The van der Waals surface area contributed by atoms with Crippen molar-refractivity contribution in [2.24, 2.45) is 17.6 Å². The lowest BCUT2D eigenvalue weighted by Gasteiger charge is -2.19. The molecular formula is C11H20N2OS. The molecule has 0 aromatic carbocycles. The minimum Gasteiger partial charge on any atom is -0.393 e. The zero-order valence-electron chi connectivity index (χ0n) is 9.45. The predicted octanol–water partition coefficient (Wildman–Crippen LogP) is 1.60. The number of hydrogen-bond acceptors (Lipinski definition) is 2. The number of nitrogens with two attached hydrogens (primary N) is 1. The molecule has 15 heavy (non-hydrogen) atoms. The molecule has 3 nitrogen and oxygen atoms in total. The maximum Gasteiger partial charge on any atom is 0.223 e. The molecule has 0 heterocycles. The van der Waals surface area contributed by atoms with E-state index in [1.165, 1.54) is 12.8 Å². The van der Waals surface area contributed by atoms with Crippen molar-refractivity contribution in [1.29, 1.82) is 0 Å². The predicted molar refractivity (Wildman–Crippen MR) is 65.5 cm³/mol. The summed E-state index contributed by atoms with van der Waals surface area (Å²) in [4.78, 5) is 12.3. The molecule has 3 N–H and O–H groups in total. The number of rotatable bonds is 6. The zero-order chi connectivity index (χ0) is 11.4. The van der Waals surface area contributed by atoms with Crippen LogP contribution in [0.5, 0.6) is 0 Å². The van der Waals surface area contributed by atoms with Gasteiger partial charge in [0.25, 0.3) is 0 Å². The Bertz CT molecular complexity index is 251. The van der Waals surface area contributed by atoms with E-state index in [0.717, 1.165) is 6.42 Å². The van der Waals surface area contributed by atoms with Gasteiger partial charge in [0, 0.05) is 18.4 Å². The summed E-state index contributed by atoms with van der Waals surface area (Å²) >= 11 is 4.85. The maximum atomic E-state index is 11.8. The Kier molecular flexibility index (Phi) is 4.51. The number of carbonyl (C=O) groups is 1. The summed E-state index contributed by atoms with van der Waals surface area (Å²) in [6, 6.07) is 0.108. The first-order valence-electron chi connectivity index (χ1n) is 5.63. The smallest absolute Gasteiger partial charge is 0.223 e. The topological polar surface area (TPSA) is 55.1 Å². The van der Waals surface area contributed by atoms with Gasteiger partial charge in [-0.15, -0.1) is 0 Å². The molecule has 2 atom stereocenters. The minimum atomic E-state index is 0.108. The molecule has 1 fully saturated rings. The third kappa shape index (κ3) is 4.16. The summed E-state index contributed by atoms with van der Waals surface area (Å²) in [5.74, 6) is 0.901. The molecule has 2 unspecified atom stereocenters. The van der Waals surface area contributed by atoms with Crippen LogP contribution in [0, 0.1) is 11.8 Å². The number of hydrogen-bond donors (Lipinski definition) is 2. The van der Waals surface area contributed by atoms with Crippen molar-refractivity contribution in [1.82, 2.24) is 5.32 Å². The van der Waals surface area contributed by atoms with E-state index in [1.807, 2.05) is 13.8 Å². The molecule has 1 rings (SSSR count). The van der Waals surface area contributed by atoms with Crippen LogP contribution in [0.3, 0.4) is 0 Å². The largest absolute Gasteiger partial charge is 0.393 e. The van der Waals surface area contributed by atoms with Crippen LogP contribution in [-0.2, 0) is 4.79 Å².